The third-order valence-corrected chi connectivity index (χ3v) is 3.23. The Labute approximate surface area is 124 Å². The molecular formula is C15H11N3O4. The van der Waals surface area contributed by atoms with Crippen LogP contribution < -0.4 is 0 Å². The standard InChI is InChI=1S/C15H11N3O4/c1-22-15(19)10-4-2-3-9(7-10)14-16-12-6-5-11(18(20)21)8-13(12)17-14/h2-8H,1H3,(H,16,17). The molecule has 1 heterocycles. The molecule has 0 aliphatic carbocycles. The van der Waals surface area contributed by atoms with E-state index in [-0.39, 0.29) is 5.69 Å². The molecule has 0 aliphatic heterocycles. The molecule has 3 rings (SSSR count). The minimum atomic E-state index is -0.460. The number of fused-ring (bicyclic) bond motifs is 1. The minimum absolute atomic E-state index is 0.00832. The fraction of sp³-hybridized carbons (Fsp3) is 0.0667. The van der Waals surface area contributed by atoms with Gasteiger partial charge in [0, 0.05) is 17.7 Å². The van der Waals surface area contributed by atoms with Gasteiger partial charge >= 0.3 is 5.97 Å². The van der Waals surface area contributed by atoms with Gasteiger partial charge in [0.15, 0.2) is 0 Å². The molecule has 2 aromatic carbocycles. The van der Waals surface area contributed by atoms with Crippen molar-refractivity contribution in [3.8, 4) is 11.4 Å². The maximum atomic E-state index is 11.6. The highest BCUT2D eigenvalue weighted by molar-refractivity contribution is 5.91. The summed E-state index contributed by atoms with van der Waals surface area (Å²) in [7, 11) is 1.31. The lowest BCUT2D eigenvalue weighted by Gasteiger charge is -2.01. The van der Waals surface area contributed by atoms with Gasteiger partial charge in [0.05, 0.1) is 28.6 Å². The number of nitrogens with one attached hydrogen (secondary N) is 1. The summed E-state index contributed by atoms with van der Waals surface area (Å²) in [5.41, 5.74) is 2.27. The maximum Gasteiger partial charge on any atom is 0.337 e. The monoisotopic (exact) mass is 297 g/mol. The first-order valence-corrected chi connectivity index (χ1v) is 6.41. The van der Waals surface area contributed by atoms with Gasteiger partial charge in [-0.3, -0.25) is 10.1 Å². The molecule has 0 atom stereocenters. The van der Waals surface area contributed by atoms with Crippen LogP contribution in [-0.2, 0) is 4.74 Å². The number of aromatic amines is 1. The van der Waals surface area contributed by atoms with Gasteiger partial charge in [0.2, 0.25) is 0 Å². The van der Waals surface area contributed by atoms with Crippen molar-refractivity contribution >= 4 is 22.7 Å². The summed E-state index contributed by atoms with van der Waals surface area (Å²) >= 11 is 0. The van der Waals surface area contributed by atoms with Crippen LogP contribution in [0.5, 0.6) is 0 Å². The zero-order valence-corrected chi connectivity index (χ0v) is 11.6. The number of benzene rings is 2. The van der Waals surface area contributed by atoms with E-state index in [1.165, 1.54) is 19.2 Å². The molecule has 0 radical (unpaired) electrons. The molecule has 0 saturated carbocycles. The lowest BCUT2D eigenvalue weighted by atomic mass is 10.1. The van der Waals surface area contributed by atoms with Crippen LogP contribution in [0, 0.1) is 10.1 Å². The normalized spacial score (nSPS) is 10.6. The van der Waals surface area contributed by atoms with E-state index < -0.39 is 10.9 Å². The third-order valence-electron chi connectivity index (χ3n) is 3.23. The number of ether oxygens (including phenoxy) is 1. The molecule has 7 nitrogen and oxygen atoms in total. The molecule has 1 aromatic heterocycles. The second kappa shape index (κ2) is 5.28. The van der Waals surface area contributed by atoms with Crippen LogP contribution in [0.3, 0.4) is 0 Å². The number of nitro groups is 1. The molecule has 0 spiro atoms. The van der Waals surface area contributed by atoms with Crippen molar-refractivity contribution in [3.63, 3.8) is 0 Å². The summed E-state index contributed by atoms with van der Waals surface area (Å²) in [5.74, 6) is 0.0925. The number of esters is 1. The van der Waals surface area contributed by atoms with Crippen molar-refractivity contribution < 1.29 is 14.5 Å². The van der Waals surface area contributed by atoms with E-state index in [1.807, 2.05) is 0 Å². The largest absolute Gasteiger partial charge is 0.465 e. The molecule has 110 valence electrons. The van der Waals surface area contributed by atoms with Crippen LogP contribution in [0.25, 0.3) is 22.4 Å². The Bertz CT molecular complexity index is 885. The van der Waals surface area contributed by atoms with Gasteiger partial charge in [0.1, 0.15) is 5.82 Å². The van der Waals surface area contributed by atoms with Gasteiger partial charge in [0.25, 0.3) is 5.69 Å². The van der Waals surface area contributed by atoms with Crippen molar-refractivity contribution in [2.24, 2.45) is 0 Å². The van der Waals surface area contributed by atoms with Gasteiger partial charge < -0.3 is 9.72 Å². The molecule has 3 aromatic rings. The highest BCUT2D eigenvalue weighted by Crippen LogP contribution is 2.24. The van der Waals surface area contributed by atoms with Crippen molar-refractivity contribution in [1.29, 1.82) is 0 Å². The number of H-pyrrole nitrogens is 1. The predicted molar refractivity (Wildman–Crippen MR) is 79.5 cm³/mol. The van der Waals surface area contributed by atoms with Crippen molar-refractivity contribution in [1.82, 2.24) is 9.97 Å². The number of carbonyl (C=O) groups excluding carboxylic acids is 1. The Balaban J connectivity index is 2.06. The fourth-order valence-corrected chi connectivity index (χ4v) is 2.16. The van der Waals surface area contributed by atoms with E-state index in [1.54, 1.807) is 30.3 Å². The Morgan fingerprint density at radius 1 is 1.27 bits per heavy atom. The molecule has 0 amide bonds. The SMILES string of the molecule is COC(=O)c1cccc(-c2nc3ccc([N+](=O)[O-])cc3[nH]2)c1. The molecular weight excluding hydrogens is 286 g/mol. The van der Waals surface area contributed by atoms with Crippen LogP contribution in [0.1, 0.15) is 10.4 Å². The van der Waals surface area contributed by atoms with Gasteiger partial charge in [-0.2, -0.15) is 0 Å². The first kappa shape index (κ1) is 13.7. The lowest BCUT2D eigenvalue weighted by molar-refractivity contribution is -0.384. The number of imidazole rings is 1. The Morgan fingerprint density at radius 3 is 2.82 bits per heavy atom. The smallest absolute Gasteiger partial charge is 0.337 e. The van der Waals surface area contributed by atoms with E-state index in [0.29, 0.717) is 28.0 Å². The highest BCUT2D eigenvalue weighted by atomic mass is 16.6. The molecule has 0 unspecified atom stereocenters. The number of hydrogen-bond acceptors (Lipinski definition) is 5. The molecule has 22 heavy (non-hydrogen) atoms. The van der Waals surface area contributed by atoms with Gasteiger partial charge in [-0.15, -0.1) is 0 Å². The van der Waals surface area contributed by atoms with E-state index in [2.05, 4.69) is 14.7 Å². The summed E-state index contributed by atoms with van der Waals surface area (Å²) in [6, 6.07) is 11.2. The lowest BCUT2D eigenvalue weighted by Crippen LogP contribution is -2.00. The van der Waals surface area contributed by atoms with Gasteiger partial charge in [-0.1, -0.05) is 12.1 Å². The second-order valence-corrected chi connectivity index (χ2v) is 4.62. The average molecular weight is 297 g/mol. The van der Waals surface area contributed by atoms with Gasteiger partial charge in [-0.05, 0) is 18.2 Å². The number of hydrogen-bond donors (Lipinski definition) is 1. The number of nitrogens with zero attached hydrogens (tertiary/aromatic N) is 2. The van der Waals surface area contributed by atoms with Crippen LogP contribution in [0.4, 0.5) is 5.69 Å². The number of non-ortho nitro benzene ring substituents is 1. The Hall–Kier alpha value is -3.22. The molecule has 0 bridgehead atoms. The summed E-state index contributed by atoms with van der Waals surface area (Å²) in [6.07, 6.45) is 0. The fourth-order valence-electron chi connectivity index (χ4n) is 2.16. The number of nitro benzene ring substituents is 1. The zero-order chi connectivity index (χ0) is 15.7. The van der Waals surface area contributed by atoms with Crippen LogP contribution >= 0.6 is 0 Å². The Kier molecular flexibility index (Phi) is 3.30. The quantitative estimate of drug-likeness (QED) is 0.455. The van der Waals surface area contributed by atoms with E-state index in [4.69, 9.17) is 0 Å². The van der Waals surface area contributed by atoms with Crippen molar-refractivity contribution in [2.45, 2.75) is 0 Å². The molecule has 7 heteroatoms. The number of carbonyl (C=O) groups is 1. The summed E-state index contributed by atoms with van der Waals surface area (Å²) < 4.78 is 4.68. The second-order valence-electron chi connectivity index (χ2n) is 4.62. The number of rotatable bonds is 3. The third kappa shape index (κ3) is 2.39. The number of methoxy groups -OCH3 is 1. The van der Waals surface area contributed by atoms with Gasteiger partial charge in [-0.25, -0.2) is 9.78 Å². The van der Waals surface area contributed by atoms with Crippen molar-refractivity contribution in [2.75, 3.05) is 7.11 Å². The summed E-state index contributed by atoms with van der Waals surface area (Å²) in [4.78, 5) is 29.3. The first-order valence-electron chi connectivity index (χ1n) is 6.41. The maximum absolute atomic E-state index is 11.6. The summed E-state index contributed by atoms with van der Waals surface area (Å²) in [5, 5.41) is 10.8. The van der Waals surface area contributed by atoms with E-state index >= 15 is 0 Å². The average Bonchev–Trinajstić information content (AvgIpc) is 2.97. The molecule has 0 aliphatic rings. The molecule has 0 saturated heterocycles. The van der Waals surface area contributed by atoms with Crippen LogP contribution in [0.15, 0.2) is 42.5 Å². The molecule has 0 fully saturated rings. The molecule has 1 N–H and O–H groups in total. The Morgan fingerprint density at radius 2 is 2.09 bits per heavy atom. The van der Waals surface area contributed by atoms with Crippen LogP contribution in [0.2, 0.25) is 0 Å². The minimum Gasteiger partial charge on any atom is -0.465 e. The predicted octanol–water partition coefficient (Wildman–Crippen LogP) is 2.92. The van der Waals surface area contributed by atoms with E-state index in [9.17, 15) is 14.9 Å². The number of aromatic nitrogens is 2. The zero-order valence-electron chi connectivity index (χ0n) is 11.6. The van der Waals surface area contributed by atoms with Crippen LogP contribution in [-0.4, -0.2) is 28.0 Å². The van der Waals surface area contributed by atoms with Crippen molar-refractivity contribution in [3.05, 3.63) is 58.1 Å². The summed E-state index contributed by atoms with van der Waals surface area (Å²) in [6.45, 7) is 0. The highest BCUT2D eigenvalue weighted by Gasteiger charge is 2.12. The topological polar surface area (TPSA) is 98.1 Å². The van der Waals surface area contributed by atoms with E-state index in [0.717, 1.165) is 0 Å². The first-order chi connectivity index (χ1) is 10.6.